The van der Waals surface area contributed by atoms with Crippen LogP contribution in [0.5, 0.6) is 0 Å². The van der Waals surface area contributed by atoms with Crippen molar-refractivity contribution in [2.24, 2.45) is 11.8 Å². The summed E-state index contributed by atoms with van der Waals surface area (Å²) in [6.45, 7) is 2.07. The first-order valence-electron chi connectivity index (χ1n) is 5.72. The molecule has 1 N–H and O–H groups in total. The lowest BCUT2D eigenvalue weighted by atomic mass is 9.88. The average molecular weight is 226 g/mol. The summed E-state index contributed by atoms with van der Waals surface area (Å²) in [6, 6.07) is 3.37. The van der Waals surface area contributed by atoms with Gasteiger partial charge in [-0.05, 0) is 24.3 Å². The topological polar surface area (TPSA) is 20.2 Å². The Morgan fingerprint density at radius 1 is 1.31 bits per heavy atom. The van der Waals surface area contributed by atoms with E-state index in [1.54, 1.807) is 0 Å². The lowest BCUT2D eigenvalue weighted by Gasteiger charge is -2.22. The van der Waals surface area contributed by atoms with Gasteiger partial charge < -0.3 is 5.11 Å². The summed E-state index contributed by atoms with van der Waals surface area (Å²) < 4.78 is 26.2. The van der Waals surface area contributed by atoms with E-state index in [1.165, 1.54) is 12.1 Å². The minimum Gasteiger partial charge on any atom is -0.388 e. The maximum Gasteiger partial charge on any atom is 0.131 e. The fraction of sp³-hybridized carbons (Fsp3) is 0.538. The Bertz CT molecular complexity index is 378. The van der Waals surface area contributed by atoms with Crippen LogP contribution in [0.3, 0.4) is 0 Å². The third-order valence-electron chi connectivity index (χ3n) is 3.61. The van der Waals surface area contributed by atoms with Gasteiger partial charge in [0.15, 0.2) is 0 Å². The van der Waals surface area contributed by atoms with Crippen LogP contribution >= 0.6 is 0 Å². The molecule has 88 valence electrons. The minimum atomic E-state index is -0.807. The molecule has 1 aliphatic carbocycles. The van der Waals surface area contributed by atoms with Crippen molar-refractivity contribution < 1.29 is 13.9 Å². The van der Waals surface area contributed by atoms with E-state index >= 15 is 0 Å². The molecule has 0 aromatic heterocycles. The Morgan fingerprint density at radius 2 is 2.06 bits per heavy atom. The molecule has 2 rings (SSSR count). The molecule has 0 radical (unpaired) electrons. The maximum atomic E-state index is 13.5. The summed E-state index contributed by atoms with van der Waals surface area (Å²) >= 11 is 0. The van der Waals surface area contributed by atoms with E-state index in [-0.39, 0.29) is 11.5 Å². The summed E-state index contributed by atoms with van der Waals surface area (Å²) in [5, 5.41) is 10.1. The maximum absolute atomic E-state index is 13.5. The molecule has 1 fully saturated rings. The van der Waals surface area contributed by atoms with E-state index in [2.05, 4.69) is 6.92 Å². The fourth-order valence-corrected chi connectivity index (χ4v) is 2.62. The Morgan fingerprint density at radius 3 is 2.62 bits per heavy atom. The molecule has 3 atom stereocenters. The zero-order valence-corrected chi connectivity index (χ0v) is 9.29. The quantitative estimate of drug-likeness (QED) is 0.819. The third-order valence-corrected chi connectivity index (χ3v) is 3.61. The van der Waals surface area contributed by atoms with Crippen LogP contribution in [0.4, 0.5) is 8.78 Å². The second kappa shape index (κ2) is 4.50. The van der Waals surface area contributed by atoms with Gasteiger partial charge in [0.1, 0.15) is 11.6 Å². The molecule has 1 saturated carbocycles. The Kier molecular flexibility index (Phi) is 3.24. The van der Waals surface area contributed by atoms with Gasteiger partial charge in [-0.2, -0.15) is 0 Å². The first-order valence-corrected chi connectivity index (χ1v) is 5.72. The van der Waals surface area contributed by atoms with Crippen LogP contribution in [0.25, 0.3) is 0 Å². The molecule has 1 aliphatic rings. The Balaban J connectivity index is 2.23. The number of hydrogen-bond donors (Lipinski definition) is 1. The summed E-state index contributed by atoms with van der Waals surface area (Å²) in [6.07, 6.45) is 2.26. The van der Waals surface area contributed by atoms with E-state index in [0.29, 0.717) is 5.92 Å². The zero-order valence-electron chi connectivity index (χ0n) is 9.29. The number of aliphatic hydroxyl groups excluding tert-OH is 1. The molecule has 3 unspecified atom stereocenters. The van der Waals surface area contributed by atoms with Crippen molar-refractivity contribution in [1.82, 2.24) is 0 Å². The van der Waals surface area contributed by atoms with Crippen molar-refractivity contribution in [3.05, 3.63) is 35.4 Å². The van der Waals surface area contributed by atoms with Crippen LogP contribution in [0.15, 0.2) is 18.2 Å². The number of benzene rings is 1. The van der Waals surface area contributed by atoms with Crippen molar-refractivity contribution in [3.8, 4) is 0 Å². The predicted molar refractivity (Wildman–Crippen MR) is 57.8 cm³/mol. The Labute approximate surface area is 94.1 Å². The van der Waals surface area contributed by atoms with Crippen molar-refractivity contribution in [3.63, 3.8) is 0 Å². The number of aliphatic hydroxyl groups is 1. The molecule has 0 spiro atoms. The van der Waals surface area contributed by atoms with Gasteiger partial charge in [-0.25, -0.2) is 8.78 Å². The van der Waals surface area contributed by atoms with Crippen LogP contribution in [-0.4, -0.2) is 5.11 Å². The molecule has 0 amide bonds. The predicted octanol–water partition coefficient (Wildman–Crippen LogP) is 3.43. The zero-order chi connectivity index (χ0) is 11.7. The van der Waals surface area contributed by atoms with E-state index in [9.17, 15) is 13.9 Å². The number of halogens is 2. The van der Waals surface area contributed by atoms with Crippen molar-refractivity contribution in [2.75, 3.05) is 0 Å². The number of hydrogen-bond acceptors (Lipinski definition) is 1. The van der Waals surface area contributed by atoms with Crippen LogP contribution in [0, 0.1) is 23.5 Å². The highest BCUT2D eigenvalue weighted by Gasteiger charge is 2.31. The van der Waals surface area contributed by atoms with Crippen LogP contribution in [-0.2, 0) is 0 Å². The largest absolute Gasteiger partial charge is 0.388 e. The molecular formula is C13H16F2O. The van der Waals surface area contributed by atoms with Crippen molar-refractivity contribution in [1.29, 1.82) is 0 Å². The third kappa shape index (κ3) is 2.09. The SMILES string of the molecule is CC1CCCC1C(O)c1ccc(F)cc1F. The Hall–Kier alpha value is -0.960. The second-order valence-corrected chi connectivity index (χ2v) is 4.68. The second-order valence-electron chi connectivity index (χ2n) is 4.68. The highest BCUT2D eigenvalue weighted by Crippen LogP contribution is 2.40. The normalized spacial score (nSPS) is 27.0. The van der Waals surface area contributed by atoms with E-state index in [0.717, 1.165) is 25.3 Å². The van der Waals surface area contributed by atoms with Gasteiger partial charge >= 0.3 is 0 Å². The minimum absolute atomic E-state index is 0.0972. The van der Waals surface area contributed by atoms with Crippen LogP contribution in [0.1, 0.15) is 37.9 Å². The summed E-state index contributed by atoms with van der Waals surface area (Å²) in [5.74, 6) is -0.751. The molecule has 3 heteroatoms. The highest BCUT2D eigenvalue weighted by atomic mass is 19.1. The van der Waals surface area contributed by atoms with Crippen LogP contribution in [0.2, 0.25) is 0 Å². The summed E-state index contributed by atoms with van der Waals surface area (Å²) in [7, 11) is 0. The first kappa shape index (κ1) is 11.5. The molecule has 1 aromatic rings. The van der Waals surface area contributed by atoms with E-state index in [4.69, 9.17) is 0 Å². The molecule has 1 nitrogen and oxygen atoms in total. The van der Waals surface area contributed by atoms with Gasteiger partial charge in [0, 0.05) is 11.6 Å². The van der Waals surface area contributed by atoms with Gasteiger partial charge in [0.25, 0.3) is 0 Å². The van der Waals surface area contributed by atoms with Gasteiger partial charge in [-0.3, -0.25) is 0 Å². The highest BCUT2D eigenvalue weighted by molar-refractivity contribution is 5.21. The summed E-state index contributed by atoms with van der Waals surface area (Å²) in [4.78, 5) is 0. The first-order chi connectivity index (χ1) is 7.59. The van der Waals surface area contributed by atoms with Gasteiger partial charge in [-0.15, -0.1) is 0 Å². The summed E-state index contributed by atoms with van der Waals surface area (Å²) in [5.41, 5.74) is 0.222. The lowest BCUT2D eigenvalue weighted by Crippen LogP contribution is -2.16. The van der Waals surface area contributed by atoms with Crippen molar-refractivity contribution >= 4 is 0 Å². The molecule has 1 aromatic carbocycles. The molecular weight excluding hydrogens is 210 g/mol. The van der Waals surface area contributed by atoms with Gasteiger partial charge in [-0.1, -0.05) is 25.8 Å². The monoisotopic (exact) mass is 226 g/mol. The van der Waals surface area contributed by atoms with E-state index in [1.807, 2.05) is 0 Å². The smallest absolute Gasteiger partial charge is 0.131 e. The molecule has 0 aliphatic heterocycles. The van der Waals surface area contributed by atoms with E-state index < -0.39 is 17.7 Å². The van der Waals surface area contributed by atoms with Crippen molar-refractivity contribution in [2.45, 2.75) is 32.3 Å². The lowest BCUT2D eigenvalue weighted by molar-refractivity contribution is 0.0865. The molecule has 16 heavy (non-hydrogen) atoms. The van der Waals surface area contributed by atoms with Crippen LogP contribution < -0.4 is 0 Å². The fourth-order valence-electron chi connectivity index (χ4n) is 2.62. The molecule has 0 bridgehead atoms. The average Bonchev–Trinajstić information content (AvgIpc) is 2.63. The molecule has 0 heterocycles. The van der Waals surface area contributed by atoms with Gasteiger partial charge in [0.2, 0.25) is 0 Å². The van der Waals surface area contributed by atoms with Gasteiger partial charge in [0.05, 0.1) is 6.10 Å². The standard InChI is InChI=1S/C13H16F2O/c1-8-3-2-4-10(8)13(16)11-6-5-9(14)7-12(11)15/h5-8,10,13,16H,2-4H2,1H3. The molecule has 0 saturated heterocycles. The number of rotatable bonds is 2.